The van der Waals surface area contributed by atoms with Crippen LogP contribution in [0.25, 0.3) is 11.3 Å². The summed E-state index contributed by atoms with van der Waals surface area (Å²) in [6.45, 7) is 3.66. The van der Waals surface area contributed by atoms with Crippen molar-refractivity contribution in [3.8, 4) is 17.0 Å². The standard InChI is InChI=1S/C24H27N3O3/c1-17(9-10-19-7-5-4-6-8-19)25-24(29)18(2)27-23(28)16-15-22(26-27)20-11-13-21(30-3)14-12-20/h4-8,11-18H,9-10H2,1-3H3,(H,25,29). The highest BCUT2D eigenvalue weighted by Gasteiger charge is 2.19. The average molecular weight is 405 g/mol. The first-order chi connectivity index (χ1) is 14.5. The molecule has 0 spiro atoms. The number of hydrogen-bond acceptors (Lipinski definition) is 4. The molecule has 3 rings (SSSR count). The fourth-order valence-electron chi connectivity index (χ4n) is 3.19. The van der Waals surface area contributed by atoms with Crippen LogP contribution < -0.4 is 15.6 Å². The lowest BCUT2D eigenvalue weighted by atomic mass is 10.1. The first-order valence-electron chi connectivity index (χ1n) is 10.1. The first-order valence-corrected chi connectivity index (χ1v) is 10.1. The molecule has 1 heterocycles. The van der Waals surface area contributed by atoms with Crippen LogP contribution in [0.3, 0.4) is 0 Å². The molecule has 2 aromatic carbocycles. The van der Waals surface area contributed by atoms with Crippen molar-refractivity contribution in [3.05, 3.63) is 82.6 Å². The minimum atomic E-state index is -0.713. The number of hydrogen-bond donors (Lipinski definition) is 1. The number of nitrogens with one attached hydrogen (secondary N) is 1. The van der Waals surface area contributed by atoms with Gasteiger partial charge in [0.25, 0.3) is 5.56 Å². The minimum Gasteiger partial charge on any atom is -0.497 e. The molecule has 0 aliphatic carbocycles. The highest BCUT2D eigenvalue weighted by atomic mass is 16.5. The van der Waals surface area contributed by atoms with E-state index in [4.69, 9.17) is 4.74 Å². The van der Waals surface area contributed by atoms with E-state index >= 15 is 0 Å². The second-order valence-corrected chi connectivity index (χ2v) is 7.34. The molecule has 3 aromatic rings. The van der Waals surface area contributed by atoms with Crippen molar-refractivity contribution >= 4 is 5.91 Å². The summed E-state index contributed by atoms with van der Waals surface area (Å²) < 4.78 is 6.41. The van der Waals surface area contributed by atoms with Crippen molar-refractivity contribution in [2.75, 3.05) is 7.11 Å². The molecular weight excluding hydrogens is 378 g/mol. The van der Waals surface area contributed by atoms with Gasteiger partial charge < -0.3 is 10.1 Å². The smallest absolute Gasteiger partial charge is 0.267 e. The van der Waals surface area contributed by atoms with Crippen molar-refractivity contribution in [3.63, 3.8) is 0 Å². The first kappa shape index (κ1) is 21.3. The Morgan fingerprint density at radius 1 is 1.03 bits per heavy atom. The normalized spacial score (nSPS) is 12.8. The summed E-state index contributed by atoms with van der Waals surface area (Å²) in [4.78, 5) is 25.1. The molecule has 1 aromatic heterocycles. The lowest BCUT2D eigenvalue weighted by Gasteiger charge is -2.19. The maximum atomic E-state index is 12.7. The van der Waals surface area contributed by atoms with Crippen LogP contribution in [0.4, 0.5) is 0 Å². The Kier molecular flexibility index (Phi) is 7.01. The van der Waals surface area contributed by atoms with Crippen LogP contribution in [-0.2, 0) is 11.2 Å². The predicted molar refractivity (Wildman–Crippen MR) is 118 cm³/mol. The molecule has 0 aliphatic heterocycles. The average Bonchev–Trinajstić information content (AvgIpc) is 2.78. The van der Waals surface area contributed by atoms with Crippen LogP contribution >= 0.6 is 0 Å². The number of amides is 1. The summed E-state index contributed by atoms with van der Waals surface area (Å²) in [5, 5.41) is 7.42. The summed E-state index contributed by atoms with van der Waals surface area (Å²) >= 11 is 0. The number of aryl methyl sites for hydroxylation is 1. The van der Waals surface area contributed by atoms with Crippen LogP contribution in [0.1, 0.15) is 31.9 Å². The molecule has 0 aliphatic rings. The summed E-state index contributed by atoms with van der Waals surface area (Å²) in [5.74, 6) is 0.515. The Morgan fingerprint density at radius 3 is 2.40 bits per heavy atom. The van der Waals surface area contributed by atoms with Gasteiger partial charge >= 0.3 is 0 Å². The molecule has 30 heavy (non-hydrogen) atoms. The monoisotopic (exact) mass is 405 g/mol. The molecule has 156 valence electrons. The summed E-state index contributed by atoms with van der Waals surface area (Å²) in [6.07, 6.45) is 1.69. The van der Waals surface area contributed by atoms with Gasteiger partial charge in [0.15, 0.2) is 0 Å². The fraction of sp³-hybridized carbons (Fsp3) is 0.292. The number of aromatic nitrogens is 2. The molecule has 0 bridgehead atoms. The molecule has 0 fully saturated rings. The molecule has 6 heteroatoms. The fourth-order valence-corrected chi connectivity index (χ4v) is 3.19. The van der Waals surface area contributed by atoms with E-state index in [0.717, 1.165) is 24.2 Å². The van der Waals surface area contributed by atoms with Crippen LogP contribution in [0, 0.1) is 0 Å². The van der Waals surface area contributed by atoms with Gasteiger partial charge in [-0.15, -0.1) is 0 Å². The third kappa shape index (κ3) is 5.35. The molecule has 2 unspecified atom stereocenters. The van der Waals surface area contributed by atoms with E-state index < -0.39 is 6.04 Å². The van der Waals surface area contributed by atoms with Crippen molar-refractivity contribution in [1.29, 1.82) is 0 Å². The van der Waals surface area contributed by atoms with Crippen molar-refractivity contribution in [2.45, 2.75) is 38.8 Å². The van der Waals surface area contributed by atoms with E-state index in [2.05, 4.69) is 22.5 Å². The summed E-state index contributed by atoms with van der Waals surface area (Å²) in [6, 6.07) is 19.9. The van der Waals surface area contributed by atoms with Gasteiger partial charge in [0, 0.05) is 17.7 Å². The molecule has 6 nitrogen and oxygen atoms in total. The van der Waals surface area contributed by atoms with Crippen LogP contribution in [0.15, 0.2) is 71.5 Å². The topological polar surface area (TPSA) is 73.2 Å². The van der Waals surface area contributed by atoms with E-state index in [9.17, 15) is 9.59 Å². The largest absolute Gasteiger partial charge is 0.497 e. The molecule has 2 atom stereocenters. The number of nitrogens with zero attached hydrogens (tertiary/aromatic N) is 2. The number of methoxy groups -OCH3 is 1. The van der Waals surface area contributed by atoms with Gasteiger partial charge in [-0.05, 0) is 62.6 Å². The number of carbonyl (C=O) groups excluding carboxylic acids is 1. The Labute approximate surface area is 176 Å². The maximum Gasteiger partial charge on any atom is 0.267 e. The van der Waals surface area contributed by atoms with E-state index in [1.54, 1.807) is 20.1 Å². The summed E-state index contributed by atoms with van der Waals surface area (Å²) in [7, 11) is 1.61. The van der Waals surface area contributed by atoms with Gasteiger partial charge in [0.1, 0.15) is 11.8 Å². The number of ether oxygens (including phenoxy) is 1. The van der Waals surface area contributed by atoms with E-state index in [1.165, 1.54) is 16.3 Å². The predicted octanol–water partition coefficient (Wildman–Crippen LogP) is 3.62. The lowest BCUT2D eigenvalue weighted by molar-refractivity contribution is -0.124. The Bertz CT molecular complexity index is 1030. The number of rotatable bonds is 8. The maximum absolute atomic E-state index is 12.7. The highest BCUT2D eigenvalue weighted by Crippen LogP contribution is 2.20. The van der Waals surface area contributed by atoms with Crippen molar-refractivity contribution in [1.82, 2.24) is 15.1 Å². The molecule has 0 saturated carbocycles. The SMILES string of the molecule is COc1ccc(-c2ccc(=O)n(C(C)C(=O)NC(C)CCc3ccccc3)n2)cc1. The van der Waals surface area contributed by atoms with Gasteiger partial charge in [-0.25, -0.2) is 4.68 Å². The van der Waals surface area contributed by atoms with Crippen LogP contribution in [0.5, 0.6) is 5.75 Å². The van der Waals surface area contributed by atoms with Crippen LogP contribution in [0.2, 0.25) is 0 Å². The highest BCUT2D eigenvalue weighted by molar-refractivity contribution is 5.80. The second-order valence-electron chi connectivity index (χ2n) is 7.34. The quantitative estimate of drug-likeness (QED) is 0.621. The molecule has 1 N–H and O–H groups in total. The van der Waals surface area contributed by atoms with Crippen molar-refractivity contribution < 1.29 is 9.53 Å². The van der Waals surface area contributed by atoms with Gasteiger partial charge in [0.2, 0.25) is 5.91 Å². The Balaban J connectivity index is 1.67. The van der Waals surface area contributed by atoms with Gasteiger partial charge in [-0.3, -0.25) is 9.59 Å². The van der Waals surface area contributed by atoms with Crippen LogP contribution in [-0.4, -0.2) is 28.8 Å². The Morgan fingerprint density at radius 2 is 1.73 bits per heavy atom. The Hall–Kier alpha value is -3.41. The van der Waals surface area contributed by atoms with Gasteiger partial charge in [0.05, 0.1) is 12.8 Å². The number of carbonyl (C=O) groups is 1. The third-order valence-electron chi connectivity index (χ3n) is 5.05. The lowest BCUT2D eigenvalue weighted by Crippen LogP contribution is -2.41. The third-order valence-corrected chi connectivity index (χ3v) is 5.05. The van der Waals surface area contributed by atoms with E-state index in [1.807, 2.05) is 49.4 Å². The summed E-state index contributed by atoms with van der Waals surface area (Å²) in [5.41, 5.74) is 2.38. The molecule has 0 saturated heterocycles. The van der Waals surface area contributed by atoms with Gasteiger partial charge in [-0.1, -0.05) is 30.3 Å². The zero-order valence-electron chi connectivity index (χ0n) is 17.5. The molecular formula is C24H27N3O3. The molecule has 0 radical (unpaired) electrons. The zero-order valence-corrected chi connectivity index (χ0v) is 17.5. The molecule has 1 amide bonds. The van der Waals surface area contributed by atoms with Gasteiger partial charge in [-0.2, -0.15) is 5.10 Å². The van der Waals surface area contributed by atoms with Crippen molar-refractivity contribution in [2.24, 2.45) is 0 Å². The number of benzene rings is 2. The minimum absolute atomic E-state index is 0.0133. The zero-order chi connectivity index (χ0) is 21.5. The van der Waals surface area contributed by atoms with E-state index in [0.29, 0.717) is 5.69 Å². The van der Waals surface area contributed by atoms with E-state index in [-0.39, 0.29) is 17.5 Å². The second kappa shape index (κ2) is 9.87.